The highest BCUT2D eigenvalue weighted by molar-refractivity contribution is 6.36. The molecule has 20 heavy (non-hydrogen) atoms. The van der Waals surface area contributed by atoms with Crippen molar-refractivity contribution in [2.75, 3.05) is 6.54 Å². The first kappa shape index (κ1) is 14.4. The van der Waals surface area contributed by atoms with Crippen molar-refractivity contribution in [3.05, 3.63) is 46.1 Å². The Kier molecular flexibility index (Phi) is 4.01. The molecule has 0 aliphatic carbocycles. The number of nitrogens with one attached hydrogen (secondary N) is 1. The Morgan fingerprint density at radius 1 is 1.35 bits per heavy atom. The van der Waals surface area contributed by atoms with Crippen LogP contribution in [0.2, 0.25) is 10.0 Å². The third-order valence-corrected chi connectivity index (χ3v) is 3.14. The van der Waals surface area contributed by atoms with Crippen LogP contribution in [0, 0.1) is 0 Å². The van der Waals surface area contributed by atoms with E-state index in [1.807, 2.05) is 0 Å². The summed E-state index contributed by atoms with van der Waals surface area (Å²) >= 11 is 11.6. The van der Waals surface area contributed by atoms with Crippen LogP contribution in [0.5, 0.6) is 5.75 Å². The molecule has 0 saturated carbocycles. The Morgan fingerprint density at radius 2 is 2.05 bits per heavy atom. The molecule has 0 aromatic heterocycles. The number of phenols is 1. The molecule has 1 heterocycles. The van der Waals surface area contributed by atoms with Crippen LogP contribution in [0.1, 0.15) is 5.56 Å². The smallest absolute Gasteiger partial charge is 0.329 e. The molecule has 1 saturated heterocycles. The number of carbonyl (C=O) groups excluding carboxylic acids is 2. The van der Waals surface area contributed by atoms with Gasteiger partial charge in [-0.2, -0.15) is 0 Å². The Morgan fingerprint density at radius 3 is 2.70 bits per heavy atom. The number of carbonyl (C=O) groups is 2. The van der Waals surface area contributed by atoms with Crippen molar-refractivity contribution >= 4 is 41.2 Å². The van der Waals surface area contributed by atoms with Gasteiger partial charge in [-0.15, -0.1) is 6.58 Å². The molecule has 0 atom stereocenters. The minimum Gasteiger partial charge on any atom is -0.506 e. The number of amides is 3. The van der Waals surface area contributed by atoms with Gasteiger partial charge in [-0.25, -0.2) is 4.79 Å². The van der Waals surface area contributed by atoms with E-state index >= 15 is 0 Å². The van der Waals surface area contributed by atoms with Gasteiger partial charge in [-0.1, -0.05) is 29.3 Å². The Hall–Kier alpha value is -1.98. The van der Waals surface area contributed by atoms with Gasteiger partial charge in [-0.05, 0) is 18.2 Å². The molecule has 3 amide bonds. The van der Waals surface area contributed by atoms with E-state index in [0.29, 0.717) is 5.02 Å². The zero-order chi connectivity index (χ0) is 14.9. The number of hydrogen-bond acceptors (Lipinski definition) is 3. The first-order chi connectivity index (χ1) is 9.43. The predicted octanol–water partition coefficient (Wildman–Crippen LogP) is 2.78. The molecule has 7 heteroatoms. The third-order valence-electron chi connectivity index (χ3n) is 2.63. The van der Waals surface area contributed by atoms with Gasteiger partial charge in [-0.3, -0.25) is 9.69 Å². The summed E-state index contributed by atoms with van der Waals surface area (Å²) < 4.78 is 0. The van der Waals surface area contributed by atoms with Crippen molar-refractivity contribution in [2.24, 2.45) is 0 Å². The third kappa shape index (κ3) is 2.64. The summed E-state index contributed by atoms with van der Waals surface area (Å²) in [5.74, 6) is -0.724. The summed E-state index contributed by atoms with van der Waals surface area (Å²) in [7, 11) is 0. The second-order valence-corrected chi connectivity index (χ2v) is 4.86. The fourth-order valence-corrected chi connectivity index (χ4v) is 2.23. The van der Waals surface area contributed by atoms with Crippen molar-refractivity contribution in [1.29, 1.82) is 0 Å². The number of urea groups is 1. The first-order valence-corrected chi connectivity index (χ1v) is 6.33. The predicted molar refractivity (Wildman–Crippen MR) is 76.5 cm³/mol. The van der Waals surface area contributed by atoms with Gasteiger partial charge in [0.2, 0.25) is 0 Å². The molecule has 1 aromatic rings. The van der Waals surface area contributed by atoms with Crippen LogP contribution < -0.4 is 5.32 Å². The van der Waals surface area contributed by atoms with E-state index in [4.69, 9.17) is 23.2 Å². The zero-order valence-corrected chi connectivity index (χ0v) is 11.7. The van der Waals surface area contributed by atoms with Gasteiger partial charge in [0.25, 0.3) is 5.91 Å². The van der Waals surface area contributed by atoms with Crippen LogP contribution in [0.4, 0.5) is 4.79 Å². The summed E-state index contributed by atoms with van der Waals surface area (Å²) in [6.45, 7) is 3.57. The van der Waals surface area contributed by atoms with Crippen molar-refractivity contribution in [2.45, 2.75) is 0 Å². The SMILES string of the molecule is C=CCN1C(=O)N/C(=C/c2cc(Cl)cc(Cl)c2O)C1=O. The van der Waals surface area contributed by atoms with Gasteiger partial charge in [0.15, 0.2) is 0 Å². The molecule has 5 nitrogen and oxygen atoms in total. The maximum atomic E-state index is 12.0. The second kappa shape index (κ2) is 5.56. The molecule has 2 rings (SSSR count). The number of imide groups is 1. The zero-order valence-electron chi connectivity index (χ0n) is 10.2. The standard InChI is InChI=1S/C13H10Cl2N2O3/c1-2-3-17-12(19)10(16-13(17)20)5-7-4-8(14)6-9(15)11(7)18/h2,4-6,18H,1,3H2,(H,16,20)/b10-5+. The highest BCUT2D eigenvalue weighted by Crippen LogP contribution is 2.32. The Bertz CT molecular complexity index is 641. The minimum absolute atomic E-state index is 0.0329. The summed E-state index contributed by atoms with van der Waals surface area (Å²) in [6, 6.07) is 2.26. The lowest BCUT2D eigenvalue weighted by Gasteiger charge is -2.07. The summed E-state index contributed by atoms with van der Waals surface area (Å²) in [5, 5.41) is 12.6. The van der Waals surface area contributed by atoms with Gasteiger partial charge in [0, 0.05) is 17.1 Å². The van der Waals surface area contributed by atoms with E-state index < -0.39 is 11.9 Å². The summed E-state index contributed by atoms with van der Waals surface area (Å²) in [5.41, 5.74) is 0.275. The topological polar surface area (TPSA) is 69.6 Å². The fraction of sp³-hybridized carbons (Fsp3) is 0.0769. The maximum absolute atomic E-state index is 12.0. The van der Waals surface area contributed by atoms with Gasteiger partial charge < -0.3 is 10.4 Å². The average molecular weight is 313 g/mol. The fourth-order valence-electron chi connectivity index (χ4n) is 1.72. The van der Waals surface area contributed by atoms with E-state index in [1.165, 1.54) is 24.3 Å². The highest BCUT2D eigenvalue weighted by atomic mass is 35.5. The molecular formula is C13H10Cl2N2O3. The first-order valence-electron chi connectivity index (χ1n) is 5.57. The lowest BCUT2D eigenvalue weighted by Crippen LogP contribution is -2.30. The Balaban J connectivity index is 2.40. The average Bonchev–Trinajstić information content (AvgIpc) is 2.63. The molecule has 1 aliphatic rings. The molecular weight excluding hydrogens is 303 g/mol. The number of rotatable bonds is 3. The normalized spacial score (nSPS) is 16.7. The molecule has 104 valence electrons. The van der Waals surface area contributed by atoms with Crippen LogP contribution >= 0.6 is 23.2 Å². The number of aromatic hydroxyl groups is 1. The molecule has 0 radical (unpaired) electrons. The van der Waals surface area contributed by atoms with Crippen molar-refractivity contribution in [3.8, 4) is 5.75 Å². The maximum Gasteiger partial charge on any atom is 0.329 e. The number of phenolic OH excluding ortho intramolecular Hbond substituents is 1. The Labute approximate surface area is 125 Å². The minimum atomic E-state index is -0.547. The highest BCUT2D eigenvalue weighted by Gasteiger charge is 2.32. The molecule has 1 aliphatic heterocycles. The number of hydrogen-bond donors (Lipinski definition) is 2. The molecule has 1 fully saturated rings. The van der Waals surface area contributed by atoms with Crippen LogP contribution in [0.3, 0.4) is 0 Å². The number of nitrogens with zero attached hydrogens (tertiary/aromatic N) is 1. The van der Waals surface area contributed by atoms with Crippen molar-refractivity contribution in [1.82, 2.24) is 10.2 Å². The lowest BCUT2D eigenvalue weighted by molar-refractivity contribution is -0.122. The second-order valence-electron chi connectivity index (χ2n) is 4.02. The van der Waals surface area contributed by atoms with Crippen LogP contribution in [-0.2, 0) is 4.79 Å². The van der Waals surface area contributed by atoms with Gasteiger partial charge >= 0.3 is 6.03 Å². The van der Waals surface area contributed by atoms with Gasteiger partial charge in [0.05, 0.1) is 5.02 Å². The summed E-state index contributed by atoms with van der Waals surface area (Å²) in [6.07, 6.45) is 2.75. The number of benzene rings is 1. The van der Waals surface area contributed by atoms with Crippen molar-refractivity contribution < 1.29 is 14.7 Å². The van der Waals surface area contributed by atoms with Gasteiger partial charge in [0.1, 0.15) is 11.4 Å². The molecule has 1 aromatic carbocycles. The molecule has 0 unspecified atom stereocenters. The molecule has 2 N–H and O–H groups in total. The monoisotopic (exact) mass is 312 g/mol. The van der Waals surface area contributed by atoms with E-state index in [1.54, 1.807) is 0 Å². The lowest BCUT2D eigenvalue weighted by atomic mass is 10.1. The van der Waals surface area contributed by atoms with Crippen LogP contribution in [0.15, 0.2) is 30.5 Å². The molecule has 0 spiro atoms. The summed E-state index contributed by atoms with van der Waals surface area (Å²) in [4.78, 5) is 24.5. The van der Waals surface area contributed by atoms with E-state index in [-0.39, 0.29) is 28.6 Å². The largest absolute Gasteiger partial charge is 0.506 e. The van der Waals surface area contributed by atoms with Crippen LogP contribution in [0.25, 0.3) is 6.08 Å². The van der Waals surface area contributed by atoms with E-state index in [0.717, 1.165) is 4.90 Å². The van der Waals surface area contributed by atoms with Crippen molar-refractivity contribution in [3.63, 3.8) is 0 Å². The quantitative estimate of drug-likeness (QED) is 0.512. The van der Waals surface area contributed by atoms with E-state index in [2.05, 4.69) is 11.9 Å². The van der Waals surface area contributed by atoms with Crippen LogP contribution in [-0.4, -0.2) is 28.5 Å². The number of halogens is 2. The molecule has 0 bridgehead atoms. The van der Waals surface area contributed by atoms with E-state index in [9.17, 15) is 14.7 Å².